The van der Waals surface area contributed by atoms with Crippen LogP contribution in [-0.2, 0) is 11.2 Å². The number of piperidine rings is 1. The van der Waals surface area contributed by atoms with Gasteiger partial charge >= 0.3 is 0 Å². The van der Waals surface area contributed by atoms with Crippen LogP contribution in [0.5, 0.6) is 0 Å². The van der Waals surface area contributed by atoms with E-state index in [-0.39, 0.29) is 5.91 Å². The van der Waals surface area contributed by atoms with Gasteiger partial charge in [0, 0.05) is 36.7 Å². The van der Waals surface area contributed by atoms with Gasteiger partial charge in [0.15, 0.2) is 0 Å². The lowest BCUT2D eigenvalue weighted by Gasteiger charge is -2.29. The van der Waals surface area contributed by atoms with Crippen molar-refractivity contribution in [3.63, 3.8) is 0 Å². The first-order valence-electron chi connectivity index (χ1n) is 9.37. The molecule has 1 aliphatic rings. The van der Waals surface area contributed by atoms with E-state index in [2.05, 4.69) is 27.3 Å². The number of hydrogen-bond acceptors (Lipinski definition) is 4. The third-order valence-electron chi connectivity index (χ3n) is 5.25. The van der Waals surface area contributed by atoms with Crippen LogP contribution in [0.15, 0.2) is 6.33 Å². The molecule has 0 aliphatic carbocycles. The molecular formula is C18H29N6O+. The van der Waals surface area contributed by atoms with E-state index in [1.54, 1.807) is 9.42 Å². The van der Waals surface area contributed by atoms with Crippen LogP contribution >= 0.6 is 0 Å². The molecule has 0 saturated carbocycles. The van der Waals surface area contributed by atoms with E-state index in [9.17, 15) is 4.79 Å². The van der Waals surface area contributed by atoms with Crippen LogP contribution < -0.4 is 10.2 Å². The van der Waals surface area contributed by atoms with Crippen LogP contribution in [0.1, 0.15) is 49.6 Å². The summed E-state index contributed by atoms with van der Waals surface area (Å²) in [5, 5.41) is 7.42. The molecule has 0 unspecified atom stereocenters. The molecule has 0 spiro atoms. The van der Waals surface area contributed by atoms with Gasteiger partial charge < -0.3 is 10.2 Å². The van der Waals surface area contributed by atoms with Crippen molar-refractivity contribution in [1.29, 1.82) is 0 Å². The average Bonchev–Trinajstić information content (AvgIpc) is 3.05. The molecule has 2 N–H and O–H groups in total. The van der Waals surface area contributed by atoms with E-state index in [0.717, 1.165) is 29.8 Å². The van der Waals surface area contributed by atoms with Crippen molar-refractivity contribution in [3.8, 4) is 0 Å². The number of rotatable bonds is 6. The van der Waals surface area contributed by atoms with Gasteiger partial charge in [-0.15, -0.1) is 0 Å². The largest absolute Gasteiger partial charge is 0.353 e. The summed E-state index contributed by atoms with van der Waals surface area (Å²) in [5.41, 5.74) is 3.04. The van der Waals surface area contributed by atoms with E-state index in [1.807, 2.05) is 13.8 Å². The van der Waals surface area contributed by atoms with Crippen LogP contribution in [0, 0.1) is 13.8 Å². The van der Waals surface area contributed by atoms with Crippen molar-refractivity contribution >= 4 is 11.7 Å². The highest BCUT2D eigenvalue weighted by molar-refractivity contribution is 5.76. The van der Waals surface area contributed by atoms with Crippen molar-refractivity contribution < 1.29 is 9.69 Å². The minimum atomic E-state index is 0.140. The summed E-state index contributed by atoms with van der Waals surface area (Å²) in [6, 6.07) is 0.339. The Morgan fingerprint density at radius 1 is 1.36 bits per heavy atom. The number of quaternary nitrogens is 1. The Bertz CT molecular complexity index is 732. The highest BCUT2D eigenvalue weighted by Gasteiger charge is 2.22. The quantitative estimate of drug-likeness (QED) is 0.787. The van der Waals surface area contributed by atoms with Gasteiger partial charge in [-0.05, 0) is 32.3 Å². The lowest BCUT2D eigenvalue weighted by molar-refractivity contribution is -0.905. The molecule has 0 radical (unpaired) electrons. The first-order chi connectivity index (χ1) is 12.1. The Balaban J connectivity index is 1.53. The van der Waals surface area contributed by atoms with Crippen molar-refractivity contribution in [2.45, 2.75) is 58.9 Å². The van der Waals surface area contributed by atoms with Gasteiger partial charge in [-0.2, -0.15) is 10.1 Å². The maximum absolute atomic E-state index is 12.4. The van der Waals surface area contributed by atoms with E-state index >= 15 is 0 Å². The zero-order valence-corrected chi connectivity index (χ0v) is 15.5. The van der Waals surface area contributed by atoms with Crippen LogP contribution in [0.4, 0.5) is 0 Å². The number of fused-ring (bicyclic) bond motifs is 1. The third-order valence-corrected chi connectivity index (χ3v) is 5.25. The smallest absolute Gasteiger partial charge is 0.252 e. The van der Waals surface area contributed by atoms with Gasteiger partial charge in [0.05, 0.1) is 19.6 Å². The molecule has 1 aliphatic heterocycles. The average molecular weight is 345 g/mol. The monoisotopic (exact) mass is 345 g/mol. The summed E-state index contributed by atoms with van der Waals surface area (Å²) in [5.74, 6) is 0.756. The molecule has 0 bridgehead atoms. The Morgan fingerprint density at radius 2 is 2.12 bits per heavy atom. The molecule has 1 amide bonds. The van der Waals surface area contributed by atoms with Gasteiger partial charge in [-0.3, -0.25) is 4.79 Å². The number of amides is 1. The van der Waals surface area contributed by atoms with Crippen LogP contribution in [0.25, 0.3) is 5.78 Å². The fraction of sp³-hybridized carbons (Fsp3) is 0.667. The number of nitrogens with zero attached hydrogens (tertiary/aromatic N) is 4. The zero-order valence-electron chi connectivity index (χ0n) is 15.5. The standard InChI is InChI=1S/C18H28N6O/c1-4-9-23-10-7-15(8-11-23)22-17(25)6-5-16-13(2)21-18-19-12-20-24(18)14(16)3/h12,15H,4-11H2,1-3H3,(H,22,25)/p+1. The first kappa shape index (κ1) is 17.8. The van der Waals surface area contributed by atoms with Gasteiger partial charge in [0.2, 0.25) is 5.91 Å². The van der Waals surface area contributed by atoms with E-state index in [1.165, 1.54) is 32.4 Å². The Kier molecular flexibility index (Phi) is 5.63. The number of aryl methyl sites for hydroxylation is 2. The van der Waals surface area contributed by atoms with Crippen LogP contribution in [-0.4, -0.2) is 51.2 Å². The number of nitrogens with one attached hydrogen (secondary N) is 2. The Morgan fingerprint density at radius 3 is 2.84 bits per heavy atom. The molecule has 0 aromatic carbocycles. The summed E-state index contributed by atoms with van der Waals surface area (Å²) in [6.07, 6.45) is 6.10. The van der Waals surface area contributed by atoms with Gasteiger partial charge in [-0.1, -0.05) is 6.92 Å². The van der Waals surface area contributed by atoms with E-state index in [0.29, 0.717) is 24.7 Å². The van der Waals surface area contributed by atoms with Crippen LogP contribution in [0.3, 0.4) is 0 Å². The molecule has 2 aromatic rings. The van der Waals surface area contributed by atoms with Crippen molar-refractivity contribution in [2.24, 2.45) is 0 Å². The second kappa shape index (κ2) is 7.91. The number of aromatic nitrogens is 4. The lowest BCUT2D eigenvalue weighted by atomic mass is 10.0. The first-order valence-corrected chi connectivity index (χ1v) is 9.37. The maximum Gasteiger partial charge on any atom is 0.252 e. The third kappa shape index (κ3) is 4.15. The highest BCUT2D eigenvalue weighted by Crippen LogP contribution is 2.15. The minimum absolute atomic E-state index is 0.140. The summed E-state index contributed by atoms with van der Waals surface area (Å²) < 4.78 is 1.74. The molecule has 136 valence electrons. The molecule has 2 aromatic heterocycles. The lowest BCUT2D eigenvalue weighted by Crippen LogP contribution is -3.13. The minimum Gasteiger partial charge on any atom is -0.353 e. The topological polar surface area (TPSA) is 76.6 Å². The normalized spacial score (nSPS) is 20.8. The predicted molar refractivity (Wildman–Crippen MR) is 95.6 cm³/mol. The molecule has 7 nitrogen and oxygen atoms in total. The summed E-state index contributed by atoms with van der Waals surface area (Å²) in [7, 11) is 0. The predicted octanol–water partition coefficient (Wildman–Crippen LogP) is 0.247. The van der Waals surface area contributed by atoms with Gasteiger partial charge in [-0.25, -0.2) is 9.50 Å². The zero-order chi connectivity index (χ0) is 17.8. The van der Waals surface area contributed by atoms with E-state index < -0.39 is 0 Å². The molecule has 1 saturated heterocycles. The van der Waals surface area contributed by atoms with Crippen molar-refractivity contribution in [1.82, 2.24) is 24.9 Å². The number of likely N-dealkylation sites (tertiary alicyclic amines) is 1. The SMILES string of the molecule is CCC[NH+]1CCC(NC(=O)CCc2c(C)nc3ncnn3c2C)CC1. The molecule has 3 heterocycles. The number of carbonyl (C=O) groups is 1. The molecular weight excluding hydrogens is 316 g/mol. The fourth-order valence-electron chi connectivity index (χ4n) is 3.83. The fourth-order valence-corrected chi connectivity index (χ4v) is 3.83. The Hall–Kier alpha value is -2.02. The number of carbonyl (C=O) groups excluding carboxylic acids is 1. The Labute approximate surface area is 148 Å². The highest BCUT2D eigenvalue weighted by atomic mass is 16.1. The molecule has 7 heteroatoms. The second-order valence-corrected chi connectivity index (χ2v) is 7.07. The van der Waals surface area contributed by atoms with Crippen LogP contribution in [0.2, 0.25) is 0 Å². The maximum atomic E-state index is 12.4. The van der Waals surface area contributed by atoms with Gasteiger partial charge in [0.1, 0.15) is 6.33 Å². The molecule has 25 heavy (non-hydrogen) atoms. The molecule has 1 fully saturated rings. The van der Waals surface area contributed by atoms with Gasteiger partial charge in [0.25, 0.3) is 5.78 Å². The summed E-state index contributed by atoms with van der Waals surface area (Å²) >= 11 is 0. The van der Waals surface area contributed by atoms with Crippen molar-refractivity contribution in [2.75, 3.05) is 19.6 Å². The second-order valence-electron chi connectivity index (χ2n) is 7.07. The molecule has 3 rings (SSSR count). The number of hydrogen-bond donors (Lipinski definition) is 2. The summed E-state index contributed by atoms with van der Waals surface area (Å²) in [6.45, 7) is 9.80. The van der Waals surface area contributed by atoms with Crippen molar-refractivity contribution in [3.05, 3.63) is 23.3 Å². The molecule has 0 atom stereocenters. The summed E-state index contributed by atoms with van der Waals surface area (Å²) in [4.78, 5) is 22.6. The van der Waals surface area contributed by atoms with E-state index in [4.69, 9.17) is 0 Å².